The van der Waals surface area contributed by atoms with Crippen molar-refractivity contribution >= 4 is 27.3 Å². The Morgan fingerprint density at radius 2 is 1.96 bits per heavy atom. The average Bonchev–Trinajstić information content (AvgIpc) is 3.37. The molecular formula is C20H26N3O3S2+. The summed E-state index contributed by atoms with van der Waals surface area (Å²) < 4.78 is 22.6. The van der Waals surface area contributed by atoms with E-state index in [1.54, 1.807) is 12.1 Å². The van der Waals surface area contributed by atoms with Gasteiger partial charge in [0.1, 0.15) is 6.04 Å². The van der Waals surface area contributed by atoms with E-state index in [1.807, 2.05) is 11.3 Å². The minimum Gasteiger partial charge on any atom is -0.351 e. The molecule has 1 aliphatic heterocycles. The summed E-state index contributed by atoms with van der Waals surface area (Å²) in [5.74, 6) is 0.814. The van der Waals surface area contributed by atoms with Crippen molar-refractivity contribution in [1.82, 2.24) is 5.32 Å². The molecule has 1 aromatic heterocycles. The van der Waals surface area contributed by atoms with Crippen molar-refractivity contribution < 1.29 is 18.1 Å². The number of carbonyl (C=O) groups excluding carboxylic acids is 1. The van der Waals surface area contributed by atoms with Gasteiger partial charge >= 0.3 is 0 Å². The fourth-order valence-corrected chi connectivity index (χ4v) is 5.60. The number of nitrogens with two attached hydrogens (primary N) is 1. The highest BCUT2D eigenvalue weighted by Gasteiger charge is 2.43. The number of primary sulfonamides is 1. The number of amides is 1. The number of hydrogen-bond donors (Lipinski definition) is 3. The summed E-state index contributed by atoms with van der Waals surface area (Å²) in [5.41, 5.74) is 2.44. The minimum absolute atomic E-state index is 0.0838. The van der Waals surface area contributed by atoms with Gasteiger partial charge in [-0.15, -0.1) is 11.3 Å². The van der Waals surface area contributed by atoms with Gasteiger partial charge in [0.25, 0.3) is 5.91 Å². The molecule has 2 aliphatic rings. The summed E-state index contributed by atoms with van der Waals surface area (Å²) in [6.45, 7) is 2.08. The van der Waals surface area contributed by atoms with Crippen molar-refractivity contribution in [2.45, 2.75) is 36.6 Å². The Morgan fingerprint density at radius 3 is 2.64 bits per heavy atom. The van der Waals surface area contributed by atoms with Crippen molar-refractivity contribution in [2.24, 2.45) is 11.1 Å². The van der Waals surface area contributed by atoms with E-state index in [1.165, 1.54) is 40.3 Å². The molecule has 2 atom stereocenters. The highest BCUT2D eigenvalue weighted by Crippen LogP contribution is 2.42. The van der Waals surface area contributed by atoms with Crippen LogP contribution in [0.5, 0.6) is 0 Å². The lowest BCUT2D eigenvalue weighted by molar-refractivity contribution is -0.928. The second-order valence-electron chi connectivity index (χ2n) is 7.74. The van der Waals surface area contributed by atoms with Gasteiger partial charge in [0.15, 0.2) is 6.54 Å². The van der Waals surface area contributed by atoms with E-state index in [9.17, 15) is 13.2 Å². The predicted molar refractivity (Wildman–Crippen MR) is 109 cm³/mol. The first kappa shape index (κ1) is 19.6. The third-order valence-corrected chi connectivity index (χ3v) is 7.62. The fraction of sp³-hybridized carbons (Fsp3) is 0.450. The minimum atomic E-state index is -3.67. The number of quaternary nitrogens is 1. The normalized spacial score (nSPS) is 21.9. The van der Waals surface area contributed by atoms with E-state index in [2.05, 4.69) is 16.8 Å². The van der Waals surface area contributed by atoms with Crippen LogP contribution >= 0.6 is 11.3 Å². The highest BCUT2D eigenvalue weighted by atomic mass is 32.2. The number of sulfonamides is 1. The molecule has 4 rings (SSSR count). The monoisotopic (exact) mass is 420 g/mol. The third kappa shape index (κ3) is 4.46. The Balaban J connectivity index is 1.29. The average molecular weight is 421 g/mol. The van der Waals surface area contributed by atoms with Gasteiger partial charge in [-0.25, -0.2) is 13.6 Å². The molecule has 1 aromatic carbocycles. The van der Waals surface area contributed by atoms with Crippen LogP contribution in [0.3, 0.4) is 0 Å². The highest BCUT2D eigenvalue weighted by molar-refractivity contribution is 7.89. The molecule has 1 amide bonds. The van der Waals surface area contributed by atoms with E-state index >= 15 is 0 Å². The zero-order chi connectivity index (χ0) is 19.7. The topological polar surface area (TPSA) is 93.7 Å². The van der Waals surface area contributed by atoms with Crippen LogP contribution < -0.4 is 15.4 Å². The van der Waals surface area contributed by atoms with Crippen molar-refractivity contribution in [3.63, 3.8) is 0 Å². The quantitative estimate of drug-likeness (QED) is 0.614. The first-order valence-electron chi connectivity index (χ1n) is 9.71. The lowest BCUT2D eigenvalue weighted by atomic mass is 9.96. The van der Waals surface area contributed by atoms with Crippen molar-refractivity contribution in [3.05, 3.63) is 51.7 Å². The van der Waals surface area contributed by atoms with Gasteiger partial charge in [0.05, 0.1) is 11.4 Å². The molecule has 28 heavy (non-hydrogen) atoms. The number of rotatable bonds is 7. The molecule has 0 spiro atoms. The molecule has 2 heterocycles. The molecule has 150 valence electrons. The summed E-state index contributed by atoms with van der Waals surface area (Å²) in [4.78, 5) is 15.5. The van der Waals surface area contributed by atoms with Crippen LogP contribution in [-0.2, 0) is 27.7 Å². The number of carbonyl (C=O) groups is 1. The molecule has 1 unspecified atom stereocenters. The van der Waals surface area contributed by atoms with Gasteiger partial charge in [-0.1, -0.05) is 12.1 Å². The van der Waals surface area contributed by atoms with E-state index in [4.69, 9.17) is 5.14 Å². The van der Waals surface area contributed by atoms with Crippen LogP contribution in [0.2, 0.25) is 0 Å². The van der Waals surface area contributed by atoms with Gasteiger partial charge in [0, 0.05) is 29.3 Å². The maximum absolute atomic E-state index is 12.5. The lowest BCUT2D eigenvalue weighted by Gasteiger charge is -2.32. The van der Waals surface area contributed by atoms with Crippen LogP contribution in [-0.4, -0.2) is 34.0 Å². The third-order valence-electron chi connectivity index (χ3n) is 5.70. The molecule has 8 heteroatoms. The molecule has 6 nitrogen and oxygen atoms in total. The van der Waals surface area contributed by atoms with Crippen LogP contribution in [0.15, 0.2) is 40.6 Å². The van der Waals surface area contributed by atoms with Crippen LogP contribution in [0.25, 0.3) is 0 Å². The van der Waals surface area contributed by atoms with Gasteiger partial charge < -0.3 is 10.2 Å². The van der Waals surface area contributed by atoms with E-state index < -0.39 is 10.0 Å². The summed E-state index contributed by atoms with van der Waals surface area (Å²) >= 11 is 1.85. The van der Waals surface area contributed by atoms with E-state index in [0.717, 1.165) is 24.4 Å². The first-order valence-corrected chi connectivity index (χ1v) is 12.1. The first-order chi connectivity index (χ1) is 13.4. The zero-order valence-corrected chi connectivity index (χ0v) is 17.3. The largest absolute Gasteiger partial charge is 0.351 e. The number of benzene rings is 1. The van der Waals surface area contributed by atoms with Crippen molar-refractivity contribution in [1.29, 1.82) is 0 Å². The second-order valence-corrected chi connectivity index (χ2v) is 10.3. The van der Waals surface area contributed by atoms with E-state index in [0.29, 0.717) is 25.6 Å². The number of thiophene rings is 1. The molecule has 0 bridgehead atoms. The fourth-order valence-electron chi connectivity index (χ4n) is 4.16. The van der Waals surface area contributed by atoms with Crippen molar-refractivity contribution in [2.75, 3.05) is 19.6 Å². The summed E-state index contributed by atoms with van der Waals surface area (Å²) in [6.07, 6.45) is 4.28. The number of fused-ring (bicyclic) bond motifs is 1. The van der Waals surface area contributed by atoms with E-state index in [-0.39, 0.29) is 10.8 Å². The zero-order valence-electron chi connectivity index (χ0n) is 15.7. The smallest absolute Gasteiger partial charge is 0.275 e. The number of nitrogens with one attached hydrogen (secondary N) is 2. The Labute approximate surface area is 169 Å². The molecule has 0 saturated heterocycles. The summed E-state index contributed by atoms with van der Waals surface area (Å²) in [6, 6.07) is 9.22. The molecule has 1 fully saturated rings. The van der Waals surface area contributed by atoms with Crippen LogP contribution in [0.4, 0.5) is 0 Å². The molecule has 1 saturated carbocycles. The molecular weight excluding hydrogens is 394 g/mol. The Bertz CT molecular complexity index is 949. The SMILES string of the molecule is NS(=O)(=O)c1ccc(CCNC(=O)C[NH+]2CCc3sccc3[C@@H]2C2CC2)cc1. The van der Waals surface area contributed by atoms with Crippen LogP contribution in [0, 0.1) is 5.92 Å². The maximum atomic E-state index is 12.5. The van der Waals surface area contributed by atoms with Gasteiger partial charge in [-0.05, 0) is 48.4 Å². The summed E-state index contributed by atoms with van der Waals surface area (Å²) in [7, 11) is -3.67. The summed E-state index contributed by atoms with van der Waals surface area (Å²) in [5, 5.41) is 10.3. The van der Waals surface area contributed by atoms with Crippen LogP contribution in [0.1, 0.15) is 34.9 Å². The Morgan fingerprint density at radius 1 is 1.21 bits per heavy atom. The molecule has 0 radical (unpaired) electrons. The molecule has 1 aliphatic carbocycles. The van der Waals surface area contributed by atoms with Gasteiger partial charge in [-0.3, -0.25) is 4.79 Å². The van der Waals surface area contributed by atoms with Gasteiger partial charge in [0.2, 0.25) is 10.0 Å². The second kappa shape index (κ2) is 7.94. The predicted octanol–water partition coefficient (Wildman–Crippen LogP) is 0.647. The Kier molecular flexibility index (Phi) is 5.55. The molecule has 4 N–H and O–H groups in total. The van der Waals surface area contributed by atoms with Gasteiger partial charge in [-0.2, -0.15) is 0 Å². The lowest BCUT2D eigenvalue weighted by Crippen LogP contribution is -3.14. The molecule has 2 aromatic rings. The Hall–Kier alpha value is -1.74. The maximum Gasteiger partial charge on any atom is 0.275 e. The standard InChI is InChI=1S/C20H25N3O3S2/c21-28(25,26)16-5-1-14(2-6-16)7-10-22-19(24)13-23-11-8-18-17(9-12-27-18)20(23)15-3-4-15/h1-2,5-6,9,12,15,20H,3-4,7-8,10-11,13H2,(H,22,24)(H2,21,25,26)/p+1/t20-/m0/s1. The number of hydrogen-bond acceptors (Lipinski definition) is 4. The van der Waals surface area contributed by atoms with Crippen molar-refractivity contribution in [3.8, 4) is 0 Å².